The van der Waals surface area contributed by atoms with Gasteiger partial charge in [-0.1, -0.05) is 0 Å². The van der Waals surface area contributed by atoms with E-state index in [2.05, 4.69) is 0 Å². The Labute approximate surface area is 119 Å². The number of nitrogens with two attached hydrogens (primary N) is 1. The number of carbonyl (C=O) groups is 3. The van der Waals surface area contributed by atoms with Gasteiger partial charge in [-0.25, -0.2) is 9.69 Å². The van der Waals surface area contributed by atoms with Crippen LogP contribution in [0.4, 0.5) is 4.79 Å². The molecule has 0 aliphatic carbocycles. The average molecular weight is 285 g/mol. The number of amides is 3. The molecule has 1 saturated heterocycles. The molecule has 0 spiro atoms. The van der Waals surface area contributed by atoms with Gasteiger partial charge in [0.15, 0.2) is 0 Å². The van der Waals surface area contributed by atoms with E-state index >= 15 is 0 Å². The highest BCUT2D eigenvalue weighted by molar-refractivity contribution is 6.06. The number of hydrogen-bond acceptors (Lipinski definition) is 5. The van der Waals surface area contributed by atoms with Crippen molar-refractivity contribution in [2.45, 2.75) is 58.3 Å². The third-order valence-electron chi connectivity index (χ3n) is 3.20. The molecule has 1 heterocycles. The van der Waals surface area contributed by atoms with Gasteiger partial charge in [-0.3, -0.25) is 9.59 Å². The van der Waals surface area contributed by atoms with Crippen LogP contribution in [0.15, 0.2) is 0 Å². The Bertz CT molecular complexity index is 439. The first-order valence-corrected chi connectivity index (χ1v) is 6.47. The van der Waals surface area contributed by atoms with E-state index in [1.807, 2.05) is 0 Å². The second-order valence-electron chi connectivity index (χ2n) is 6.43. The first-order valence-electron chi connectivity index (χ1n) is 6.47. The third-order valence-corrected chi connectivity index (χ3v) is 3.20. The van der Waals surface area contributed by atoms with E-state index in [9.17, 15) is 14.4 Å². The molecular weight excluding hydrogens is 262 g/mol. The number of carbonyl (C=O) groups excluding carboxylic acids is 3. The van der Waals surface area contributed by atoms with Crippen LogP contribution in [0.1, 0.15) is 41.0 Å². The fourth-order valence-corrected chi connectivity index (χ4v) is 1.86. The zero-order valence-corrected chi connectivity index (χ0v) is 12.9. The molecule has 2 N–H and O–H groups in total. The topological polar surface area (TPSA) is 92.9 Å². The van der Waals surface area contributed by atoms with Crippen LogP contribution in [-0.4, -0.2) is 52.1 Å². The average Bonchev–Trinajstić information content (AvgIpc) is 2.37. The highest BCUT2D eigenvalue weighted by Gasteiger charge is 2.51. The number of hydrogen-bond donors (Lipinski definition) is 1. The molecule has 7 nitrogen and oxygen atoms in total. The van der Waals surface area contributed by atoms with E-state index in [1.54, 1.807) is 34.6 Å². The summed E-state index contributed by atoms with van der Waals surface area (Å²) in [6, 6.07) is -0.504. The number of esters is 1. The van der Waals surface area contributed by atoms with Crippen molar-refractivity contribution < 1.29 is 19.1 Å². The van der Waals surface area contributed by atoms with Gasteiger partial charge in [0.1, 0.15) is 11.1 Å². The molecule has 7 heteroatoms. The van der Waals surface area contributed by atoms with Crippen LogP contribution >= 0.6 is 0 Å². The highest BCUT2D eigenvalue weighted by Crippen LogP contribution is 2.27. The van der Waals surface area contributed by atoms with Crippen LogP contribution < -0.4 is 5.73 Å². The second-order valence-corrected chi connectivity index (χ2v) is 6.43. The van der Waals surface area contributed by atoms with E-state index in [0.717, 1.165) is 4.90 Å². The number of urea groups is 1. The molecule has 1 atom stereocenters. The molecule has 0 saturated carbocycles. The summed E-state index contributed by atoms with van der Waals surface area (Å²) in [6.45, 7) is 8.47. The van der Waals surface area contributed by atoms with Crippen molar-refractivity contribution in [1.82, 2.24) is 9.80 Å². The molecule has 3 amide bonds. The number of ether oxygens (including phenoxy) is 1. The standard InChI is InChI=1S/C13H23N3O4/c1-12(2,3)20-9(17)7-8(14)16-10(18)13(4,5)15(6)11(16)19/h8H,7,14H2,1-6H3/t8-/m0/s1. The summed E-state index contributed by atoms with van der Waals surface area (Å²) in [5, 5.41) is 0. The van der Waals surface area contributed by atoms with Gasteiger partial charge in [0.2, 0.25) is 0 Å². The zero-order valence-electron chi connectivity index (χ0n) is 12.9. The quantitative estimate of drug-likeness (QED) is 0.608. The summed E-state index contributed by atoms with van der Waals surface area (Å²) in [5.41, 5.74) is 4.23. The van der Waals surface area contributed by atoms with Crippen molar-refractivity contribution in [2.75, 3.05) is 7.05 Å². The van der Waals surface area contributed by atoms with Gasteiger partial charge < -0.3 is 15.4 Å². The number of nitrogens with zero attached hydrogens (tertiary/aromatic N) is 2. The molecule has 0 unspecified atom stereocenters. The van der Waals surface area contributed by atoms with Gasteiger partial charge in [0.25, 0.3) is 5.91 Å². The van der Waals surface area contributed by atoms with Gasteiger partial charge in [-0.2, -0.15) is 0 Å². The summed E-state index contributed by atoms with van der Waals surface area (Å²) >= 11 is 0. The van der Waals surface area contributed by atoms with Crippen LogP contribution in [-0.2, 0) is 14.3 Å². The molecule has 0 bridgehead atoms. The Kier molecular flexibility index (Phi) is 4.14. The van der Waals surface area contributed by atoms with Gasteiger partial charge >= 0.3 is 12.0 Å². The minimum atomic E-state index is -1.02. The molecule has 0 aromatic carbocycles. The normalized spacial score (nSPS) is 20.4. The van der Waals surface area contributed by atoms with Crippen LogP contribution in [0.25, 0.3) is 0 Å². The van der Waals surface area contributed by atoms with Crippen molar-refractivity contribution in [1.29, 1.82) is 0 Å². The molecule has 20 heavy (non-hydrogen) atoms. The minimum absolute atomic E-state index is 0.224. The van der Waals surface area contributed by atoms with Crippen molar-refractivity contribution in [2.24, 2.45) is 5.73 Å². The Morgan fingerprint density at radius 2 is 1.85 bits per heavy atom. The first kappa shape index (κ1) is 16.4. The third kappa shape index (κ3) is 3.09. The summed E-state index contributed by atoms with van der Waals surface area (Å²) in [7, 11) is 1.53. The van der Waals surface area contributed by atoms with Crippen LogP contribution in [0.2, 0.25) is 0 Å². The molecule has 0 aromatic heterocycles. The van der Waals surface area contributed by atoms with Crippen molar-refractivity contribution in [3.05, 3.63) is 0 Å². The van der Waals surface area contributed by atoms with Gasteiger partial charge in [0.05, 0.1) is 12.6 Å². The van der Waals surface area contributed by atoms with E-state index in [4.69, 9.17) is 10.5 Å². The van der Waals surface area contributed by atoms with Crippen molar-refractivity contribution >= 4 is 17.9 Å². The molecular formula is C13H23N3O4. The maximum absolute atomic E-state index is 12.2. The van der Waals surface area contributed by atoms with Gasteiger partial charge in [-0.05, 0) is 34.6 Å². The Hall–Kier alpha value is -1.63. The summed E-state index contributed by atoms with van der Waals surface area (Å²) in [5.74, 6) is -0.959. The summed E-state index contributed by atoms with van der Waals surface area (Å²) in [6.07, 6.45) is -1.24. The Morgan fingerprint density at radius 1 is 1.35 bits per heavy atom. The van der Waals surface area contributed by atoms with Crippen LogP contribution in [0.3, 0.4) is 0 Å². The Balaban J connectivity index is 2.79. The monoisotopic (exact) mass is 285 g/mol. The summed E-state index contributed by atoms with van der Waals surface area (Å²) < 4.78 is 5.14. The SMILES string of the molecule is CN1C(=O)N([C@H](N)CC(=O)OC(C)(C)C)C(=O)C1(C)C. The van der Waals surface area contributed by atoms with Gasteiger partial charge in [-0.15, -0.1) is 0 Å². The van der Waals surface area contributed by atoms with E-state index in [1.165, 1.54) is 11.9 Å². The maximum atomic E-state index is 12.2. The fraction of sp³-hybridized carbons (Fsp3) is 0.769. The summed E-state index contributed by atoms with van der Waals surface area (Å²) in [4.78, 5) is 38.2. The molecule has 0 radical (unpaired) electrons. The molecule has 1 aliphatic rings. The largest absolute Gasteiger partial charge is 0.460 e. The first-order chi connectivity index (χ1) is 8.88. The lowest BCUT2D eigenvalue weighted by Crippen LogP contribution is -2.49. The number of imide groups is 1. The van der Waals surface area contributed by atoms with Crippen LogP contribution in [0.5, 0.6) is 0 Å². The maximum Gasteiger partial charge on any atom is 0.328 e. The van der Waals surface area contributed by atoms with Gasteiger partial charge in [0, 0.05) is 7.05 Å². The smallest absolute Gasteiger partial charge is 0.328 e. The minimum Gasteiger partial charge on any atom is -0.460 e. The van der Waals surface area contributed by atoms with E-state index in [-0.39, 0.29) is 6.42 Å². The van der Waals surface area contributed by atoms with Crippen LogP contribution in [0, 0.1) is 0 Å². The second kappa shape index (κ2) is 5.05. The lowest BCUT2D eigenvalue weighted by atomic mass is 10.0. The lowest BCUT2D eigenvalue weighted by molar-refractivity contribution is -0.156. The number of likely N-dealkylation sites (N-methyl/N-ethyl adjacent to an activating group) is 1. The zero-order chi connectivity index (χ0) is 15.9. The Morgan fingerprint density at radius 3 is 2.20 bits per heavy atom. The predicted molar refractivity (Wildman–Crippen MR) is 72.5 cm³/mol. The van der Waals surface area contributed by atoms with Crippen molar-refractivity contribution in [3.8, 4) is 0 Å². The molecule has 0 aromatic rings. The molecule has 114 valence electrons. The van der Waals surface area contributed by atoms with E-state index in [0.29, 0.717) is 0 Å². The lowest BCUT2D eigenvalue weighted by Gasteiger charge is -2.24. The van der Waals surface area contributed by atoms with Crippen molar-refractivity contribution in [3.63, 3.8) is 0 Å². The molecule has 1 rings (SSSR count). The molecule has 1 aliphatic heterocycles. The number of rotatable bonds is 3. The predicted octanol–water partition coefficient (Wildman–Crippen LogP) is 0.676. The van der Waals surface area contributed by atoms with E-state index < -0.39 is 35.2 Å². The molecule has 1 fully saturated rings. The fourth-order valence-electron chi connectivity index (χ4n) is 1.86. The highest BCUT2D eigenvalue weighted by atomic mass is 16.6.